The highest BCUT2D eigenvalue weighted by Crippen LogP contribution is 2.55. The van der Waals surface area contributed by atoms with Gasteiger partial charge < -0.3 is 5.32 Å². The molecule has 5 nitrogen and oxygen atoms in total. The normalized spacial score (nSPS) is 28.6. The van der Waals surface area contributed by atoms with Crippen molar-refractivity contribution in [1.82, 2.24) is 19.9 Å². The van der Waals surface area contributed by atoms with Crippen molar-refractivity contribution in [3.8, 4) is 11.3 Å². The van der Waals surface area contributed by atoms with Crippen LogP contribution in [0.15, 0.2) is 36.5 Å². The second-order valence-corrected chi connectivity index (χ2v) is 10.2. The number of nitrogens with zero attached hydrogens (tertiary/aromatic N) is 3. The van der Waals surface area contributed by atoms with Crippen molar-refractivity contribution in [2.24, 2.45) is 17.8 Å². The van der Waals surface area contributed by atoms with Crippen LogP contribution in [0.3, 0.4) is 0 Å². The first-order chi connectivity index (χ1) is 15.4. The van der Waals surface area contributed by atoms with E-state index in [1.165, 1.54) is 31.5 Å². The Morgan fingerprint density at radius 1 is 1.09 bits per heavy atom. The number of aromatic nitrogens is 3. The van der Waals surface area contributed by atoms with Crippen LogP contribution in [0.2, 0.25) is 0 Å². The van der Waals surface area contributed by atoms with Gasteiger partial charge in [0.1, 0.15) is 11.3 Å². The van der Waals surface area contributed by atoms with Crippen molar-refractivity contribution in [3.05, 3.63) is 53.3 Å². The molecule has 4 fully saturated rings. The third-order valence-corrected chi connectivity index (χ3v) is 7.73. The number of rotatable bonds is 4. The number of alkyl halides is 2. The first-order valence-corrected chi connectivity index (χ1v) is 11.5. The van der Waals surface area contributed by atoms with Gasteiger partial charge in [-0.25, -0.2) is 18.3 Å². The Balaban J connectivity index is 1.39. The summed E-state index contributed by atoms with van der Waals surface area (Å²) in [5.41, 5.74) is 2.23. The number of aryl methyl sites for hydroxylation is 1. The Morgan fingerprint density at radius 2 is 1.72 bits per heavy atom. The van der Waals surface area contributed by atoms with Gasteiger partial charge in [0.05, 0.1) is 11.9 Å². The summed E-state index contributed by atoms with van der Waals surface area (Å²) in [7, 11) is 0. The van der Waals surface area contributed by atoms with Gasteiger partial charge in [0.2, 0.25) is 0 Å². The number of carbonyl (C=O) groups excluding carboxylic acids is 1. The highest BCUT2D eigenvalue weighted by molar-refractivity contribution is 6.00. The maximum atomic E-state index is 13.9. The highest BCUT2D eigenvalue weighted by atomic mass is 19.3. The average Bonchev–Trinajstić information content (AvgIpc) is 3.16. The molecule has 4 bridgehead atoms. The monoisotopic (exact) mass is 436 g/mol. The molecule has 4 saturated carbocycles. The predicted molar refractivity (Wildman–Crippen MR) is 116 cm³/mol. The van der Waals surface area contributed by atoms with Gasteiger partial charge >= 0.3 is 0 Å². The van der Waals surface area contributed by atoms with Crippen molar-refractivity contribution in [2.45, 2.75) is 57.4 Å². The smallest absolute Gasteiger partial charge is 0.280 e. The van der Waals surface area contributed by atoms with E-state index in [1.807, 2.05) is 31.2 Å². The fraction of sp³-hybridized carbons (Fsp3) is 0.480. The summed E-state index contributed by atoms with van der Waals surface area (Å²) in [4.78, 5) is 18.0. The van der Waals surface area contributed by atoms with E-state index in [0.29, 0.717) is 23.4 Å². The zero-order valence-corrected chi connectivity index (χ0v) is 18.0. The number of hydrogen-bond acceptors (Lipinski definition) is 3. The van der Waals surface area contributed by atoms with Crippen LogP contribution in [0.1, 0.15) is 66.6 Å². The van der Waals surface area contributed by atoms with Crippen LogP contribution in [0.25, 0.3) is 16.9 Å². The number of hydrogen-bond donors (Lipinski definition) is 1. The van der Waals surface area contributed by atoms with Gasteiger partial charge in [-0.15, -0.1) is 0 Å². The lowest BCUT2D eigenvalue weighted by molar-refractivity contribution is -0.0166. The molecule has 4 aliphatic rings. The number of amides is 1. The molecule has 0 unspecified atom stereocenters. The summed E-state index contributed by atoms with van der Waals surface area (Å²) in [6.45, 7) is 1.97. The fourth-order valence-electron chi connectivity index (χ4n) is 6.75. The molecule has 7 rings (SSSR count). The molecule has 1 amide bonds. The standard InChI is InChI=1S/C25H26F2N4O/c1-14-2-4-18(5-3-14)20-9-21(22(26)27)31-23(29-20)19(13-28-31)24(32)30-25-10-15-6-16(11-25)8-17(7-15)12-25/h2-5,9,13,15-17,22H,6-8,10-12H2,1H3,(H,30,32). The molecule has 7 heteroatoms. The minimum atomic E-state index is -2.73. The average molecular weight is 437 g/mol. The van der Waals surface area contributed by atoms with E-state index in [9.17, 15) is 13.6 Å². The Hall–Kier alpha value is -2.83. The minimum Gasteiger partial charge on any atom is -0.346 e. The lowest BCUT2D eigenvalue weighted by atomic mass is 9.53. The molecule has 0 radical (unpaired) electrons. The van der Waals surface area contributed by atoms with Crippen molar-refractivity contribution < 1.29 is 13.6 Å². The molecular formula is C25H26F2N4O. The molecule has 0 spiro atoms. The van der Waals surface area contributed by atoms with Crippen LogP contribution in [0.5, 0.6) is 0 Å². The second kappa shape index (κ2) is 7.09. The third-order valence-electron chi connectivity index (χ3n) is 7.73. The zero-order chi connectivity index (χ0) is 22.0. The molecule has 0 aliphatic heterocycles. The van der Waals surface area contributed by atoms with Crippen molar-refractivity contribution in [1.29, 1.82) is 0 Å². The topological polar surface area (TPSA) is 59.3 Å². The molecule has 1 N–H and O–H groups in total. The van der Waals surface area contributed by atoms with Crippen LogP contribution in [-0.4, -0.2) is 26.0 Å². The summed E-state index contributed by atoms with van der Waals surface area (Å²) in [6, 6.07) is 8.90. The molecular weight excluding hydrogens is 410 g/mol. The van der Waals surface area contributed by atoms with Gasteiger partial charge in [-0.1, -0.05) is 29.8 Å². The van der Waals surface area contributed by atoms with Crippen molar-refractivity contribution in [2.75, 3.05) is 0 Å². The van der Waals surface area contributed by atoms with Crippen LogP contribution < -0.4 is 5.32 Å². The first-order valence-electron chi connectivity index (χ1n) is 11.5. The van der Waals surface area contributed by atoms with E-state index < -0.39 is 6.43 Å². The van der Waals surface area contributed by atoms with Crippen LogP contribution in [-0.2, 0) is 0 Å². The molecule has 2 heterocycles. The van der Waals surface area contributed by atoms with E-state index >= 15 is 0 Å². The van der Waals surface area contributed by atoms with Gasteiger partial charge in [0.25, 0.3) is 12.3 Å². The summed E-state index contributed by atoms with van der Waals surface area (Å²) < 4.78 is 28.8. The number of carbonyl (C=O) groups is 1. The molecule has 0 saturated heterocycles. The number of fused-ring (bicyclic) bond motifs is 1. The molecule has 0 atom stereocenters. The first kappa shape index (κ1) is 19.8. The molecule has 166 valence electrons. The van der Waals surface area contributed by atoms with E-state index in [-0.39, 0.29) is 28.4 Å². The fourth-order valence-corrected chi connectivity index (χ4v) is 6.75. The predicted octanol–water partition coefficient (Wildman–Crippen LogP) is 5.34. The van der Waals surface area contributed by atoms with Gasteiger partial charge in [-0.2, -0.15) is 5.10 Å². The van der Waals surface area contributed by atoms with E-state index in [0.717, 1.165) is 34.9 Å². The van der Waals surface area contributed by atoms with Gasteiger partial charge in [-0.05, 0) is 69.3 Å². The van der Waals surface area contributed by atoms with Gasteiger partial charge in [0.15, 0.2) is 5.65 Å². The van der Waals surface area contributed by atoms with E-state index in [2.05, 4.69) is 15.4 Å². The number of nitrogens with one attached hydrogen (secondary N) is 1. The third kappa shape index (κ3) is 3.21. The van der Waals surface area contributed by atoms with Crippen LogP contribution in [0.4, 0.5) is 8.78 Å². The Kier molecular flexibility index (Phi) is 4.39. The Labute approximate surface area is 185 Å². The lowest BCUT2D eigenvalue weighted by Gasteiger charge is -2.56. The lowest BCUT2D eigenvalue weighted by Crippen LogP contribution is -2.59. The van der Waals surface area contributed by atoms with Crippen LogP contribution >= 0.6 is 0 Å². The molecule has 1 aromatic carbocycles. The Morgan fingerprint density at radius 3 is 2.31 bits per heavy atom. The Bertz CT molecular complexity index is 1170. The van der Waals surface area contributed by atoms with Gasteiger partial charge in [0, 0.05) is 11.1 Å². The quantitative estimate of drug-likeness (QED) is 0.601. The van der Waals surface area contributed by atoms with E-state index in [1.54, 1.807) is 0 Å². The van der Waals surface area contributed by atoms with Crippen molar-refractivity contribution in [3.63, 3.8) is 0 Å². The number of benzene rings is 1. The number of halogens is 2. The summed E-state index contributed by atoms with van der Waals surface area (Å²) in [6.07, 6.45) is 5.56. The SMILES string of the molecule is Cc1ccc(-c2cc(C(F)F)n3ncc(C(=O)NC45CC6CC(CC(C6)C4)C5)c3n2)cc1. The molecule has 4 aliphatic carbocycles. The summed E-state index contributed by atoms with van der Waals surface area (Å²) in [5.74, 6) is 1.84. The maximum absolute atomic E-state index is 13.9. The molecule has 2 aromatic heterocycles. The minimum absolute atomic E-state index is 0.166. The zero-order valence-electron chi connectivity index (χ0n) is 18.0. The van der Waals surface area contributed by atoms with Gasteiger partial charge in [-0.3, -0.25) is 4.79 Å². The summed E-state index contributed by atoms with van der Waals surface area (Å²) in [5, 5.41) is 7.43. The van der Waals surface area contributed by atoms with Crippen LogP contribution in [0, 0.1) is 24.7 Å². The maximum Gasteiger partial charge on any atom is 0.280 e. The van der Waals surface area contributed by atoms with E-state index in [4.69, 9.17) is 0 Å². The largest absolute Gasteiger partial charge is 0.346 e. The summed E-state index contributed by atoms with van der Waals surface area (Å²) >= 11 is 0. The second-order valence-electron chi connectivity index (χ2n) is 10.2. The molecule has 32 heavy (non-hydrogen) atoms. The highest BCUT2D eigenvalue weighted by Gasteiger charge is 2.51. The van der Waals surface area contributed by atoms with Crippen molar-refractivity contribution >= 4 is 11.6 Å². The molecule has 3 aromatic rings.